The smallest absolute Gasteiger partial charge is 0.119 e. The maximum Gasteiger partial charge on any atom is 0.119 e. The molecule has 1 aliphatic rings. The van der Waals surface area contributed by atoms with Crippen LogP contribution in [0.25, 0.3) is 0 Å². The van der Waals surface area contributed by atoms with Crippen molar-refractivity contribution in [2.24, 2.45) is 0 Å². The van der Waals surface area contributed by atoms with E-state index in [2.05, 4.69) is 37.3 Å². The Kier molecular flexibility index (Phi) is 12.0. The van der Waals surface area contributed by atoms with Crippen LogP contribution in [0.3, 0.4) is 0 Å². The third kappa shape index (κ3) is 11.9. The monoisotopic (exact) mass is 372 g/mol. The maximum absolute atomic E-state index is 5.77. The Morgan fingerprint density at radius 3 is 2.30 bits per heavy atom. The third-order valence-electron chi connectivity index (χ3n) is 5.19. The molecule has 0 saturated carbocycles. The first-order valence-corrected chi connectivity index (χ1v) is 11.4. The molecule has 1 unspecified atom stereocenters. The van der Waals surface area contributed by atoms with Gasteiger partial charge in [-0.25, -0.2) is 0 Å². The molecule has 2 nitrogen and oxygen atoms in total. The molecule has 1 aromatic carbocycles. The Labute approximate surface area is 167 Å². The van der Waals surface area contributed by atoms with Crippen molar-refractivity contribution in [2.75, 3.05) is 13.2 Å². The van der Waals surface area contributed by atoms with E-state index in [1.165, 1.54) is 89.0 Å². The van der Waals surface area contributed by atoms with Crippen molar-refractivity contribution in [1.29, 1.82) is 0 Å². The molecular formula is C25H40O2. The van der Waals surface area contributed by atoms with Gasteiger partial charge in [-0.3, -0.25) is 0 Å². The second kappa shape index (κ2) is 14.7. The first-order valence-electron chi connectivity index (χ1n) is 11.4. The Morgan fingerprint density at radius 2 is 1.59 bits per heavy atom. The Hall–Kier alpha value is -1.28. The van der Waals surface area contributed by atoms with E-state index in [4.69, 9.17) is 9.47 Å². The van der Waals surface area contributed by atoms with Crippen LogP contribution in [-0.4, -0.2) is 19.3 Å². The van der Waals surface area contributed by atoms with Gasteiger partial charge in [0.1, 0.15) is 18.5 Å². The van der Waals surface area contributed by atoms with E-state index in [0.29, 0.717) is 12.7 Å². The largest absolute Gasteiger partial charge is 0.491 e. The zero-order valence-corrected chi connectivity index (χ0v) is 17.5. The summed E-state index contributed by atoms with van der Waals surface area (Å²) in [5.41, 5.74) is 1.40. The van der Waals surface area contributed by atoms with Gasteiger partial charge in [0, 0.05) is 0 Å². The van der Waals surface area contributed by atoms with Crippen molar-refractivity contribution in [3.63, 3.8) is 0 Å². The number of rotatable bonds is 17. The summed E-state index contributed by atoms with van der Waals surface area (Å²) >= 11 is 0. The predicted octanol–water partition coefficient (Wildman–Crippen LogP) is 7.26. The van der Waals surface area contributed by atoms with E-state index in [1.807, 2.05) is 6.07 Å². The fourth-order valence-electron chi connectivity index (χ4n) is 3.38. The van der Waals surface area contributed by atoms with Crippen molar-refractivity contribution in [2.45, 2.75) is 96.5 Å². The van der Waals surface area contributed by atoms with Gasteiger partial charge in [-0.1, -0.05) is 82.6 Å². The summed E-state index contributed by atoms with van der Waals surface area (Å²) in [7, 11) is 0. The summed E-state index contributed by atoms with van der Waals surface area (Å²) < 4.78 is 11.0. The van der Waals surface area contributed by atoms with Gasteiger partial charge in [0.15, 0.2) is 0 Å². The van der Waals surface area contributed by atoms with Gasteiger partial charge in [-0.05, 0) is 49.8 Å². The zero-order chi connectivity index (χ0) is 19.0. The average Bonchev–Trinajstić information content (AvgIpc) is 3.51. The van der Waals surface area contributed by atoms with Gasteiger partial charge in [0.25, 0.3) is 0 Å². The molecule has 1 atom stereocenters. The van der Waals surface area contributed by atoms with Crippen LogP contribution >= 0.6 is 0 Å². The minimum absolute atomic E-state index is 0.330. The lowest BCUT2D eigenvalue weighted by Crippen LogP contribution is -2.04. The van der Waals surface area contributed by atoms with E-state index in [0.717, 1.165) is 12.4 Å². The van der Waals surface area contributed by atoms with E-state index < -0.39 is 0 Å². The first kappa shape index (κ1) is 22.0. The number of epoxide rings is 1. The molecule has 2 rings (SSSR count). The molecule has 1 aromatic rings. The Morgan fingerprint density at radius 1 is 0.926 bits per heavy atom. The van der Waals surface area contributed by atoms with E-state index in [-0.39, 0.29) is 0 Å². The molecular weight excluding hydrogens is 332 g/mol. The topological polar surface area (TPSA) is 21.8 Å². The molecule has 0 amide bonds. The lowest BCUT2D eigenvalue weighted by molar-refractivity contribution is 0.263. The van der Waals surface area contributed by atoms with Crippen LogP contribution in [-0.2, 0) is 11.2 Å². The fourth-order valence-corrected chi connectivity index (χ4v) is 3.38. The van der Waals surface area contributed by atoms with Crippen molar-refractivity contribution in [3.8, 4) is 5.75 Å². The fraction of sp³-hybridized carbons (Fsp3) is 0.680. The summed E-state index contributed by atoms with van der Waals surface area (Å²) in [5, 5.41) is 0. The Bertz CT molecular complexity index is 505. The number of benzene rings is 1. The van der Waals surface area contributed by atoms with Crippen LogP contribution in [0.1, 0.15) is 89.5 Å². The summed E-state index contributed by atoms with van der Waals surface area (Å²) in [6.45, 7) is 3.79. The van der Waals surface area contributed by atoms with Crippen molar-refractivity contribution < 1.29 is 9.47 Å². The van der Waals surface area contributed by atoms with E-state index in [1.54, 1.807) is 0 Å². The second-order valence-electron chi connectivity index (χ2n) is 7.89. The first-order chi connectivity index (χ1) is 13.4. The van der Waals surface area contributed by atoms with Gasteiger partial charge in [-0.2, -0.15) is 0 Å². The zero-order valence-electron chi connectivity index (χ0n) is 17.5. The molecule has 0 bridgehead atoms. The number of allylic oxidation sites excluding steroid dienone is 2. The molecule has 27 heavy (non-hydrogen) atoms. The summed E-state index contributed by atoms with van der Waals surface area (Å²) in [6.07, 6.45) is 22.5. The molecule has 1 saturated heterocycles. The highest BCUT2D eigenvalue weighted by Crippen LogP contribution is 2.18. The average molecular weight is 373 g/mol. The highest BCUT2D eigenvalue weighted by molar-refractivity contribution is 5.28. The molecule has 2 heteroatoms. The van der Waals surface area contributed by atoms with Gasteiger partial charge in [0.2, 0.25) is 0 Å². The highest BCUT2D eigenvalue weighted by atomic mass is 16.6. The minimum Gasteiger partial charge on any atom is -0.491 e. The van der Waals surface area contributed by atoms with Crippen LogP contribution in [0.15, 0.2) is 36.4 Å². The third-order valence-corrected chi connectivity index (χ3v) is 5.19. The van der Waals surface area contributed by atoms with E-state index in [9.17, 15) is 0 Å². The van der Waals surface area contributed by atoms with Gasteiger partial charge >= 0.3 is 0 Å². The molecule has 0 radical (unpaired) electrons. The van der Waals surface area contributed by atoms with Crippen LogP contribution in [0.2, 0.25) is 0 Å². The molecule has 1 aliphatic heterocycles. The van der Waals surface area contributed by atoms with Crippen LogP contribution < -0.4 is 4.74 Å². The van der Waals surface area contributed by atoms with Crippen molar-refractivity contribution in [1.82, 2.24) is 0 Å². The van der Waals surface area contributed by atoms with Crippen molar-refractivity contribution >= 4 is 0 Å². The minimum atomic E-state index is 0.330. The molecule has 0 N–H and O–H groups in total. The van der Waals surface area contributed by atoms with Gasteiger partial charge < -0.3 is 9.47 Å². The standard InChI is InChI=1S/C25H40O2/c1-2-3-4-5-6-7-8-9-10-11-12-13-14-15-17-23-18-16-19-24(20-23)26-21-25-22-27-25/h4-5,16,18-20,25H,2-3,6-15,17,21-22H2,1H3/b5-4+. The van der Waals surface area contributed by atoms with Crippen LogP contribution in [0.5, 0.6) is 5.75 Å². The molecule has 1 heterocycles. The van der Waals surface area contributed by atoms with E-state index >= 15 is 0 Å². The normalized spacial score (nSPS) is 16.1. The molecule has 0 spiro atoms. The number of unbranched alkanes of at least 4 members (excludes halogenated alkanes) is 10. The summed E-state index contributed by atoms with van der Waals surface area (Å²) in [4.78, 5) is 0. The quantitative estimate of drug-likeness (QED) is 0.163. The number of aryl methyl sites for hydroxylation is 1. The number of hydrogen-bond donors (Lipinski definition) is 0. The number of hydrogen-bond acceptors (Lipinski definition) is 2. The maximum atomic E-state index is 5.77. The van der Waals surface area contributed by atoms with Crippen molar-refractivity contribution in [3.05, 3.63) is 42.0 Å². The molecule has 152 valence electrons. The van der Waals surface area contributed by atoms with Crippen LogP contribution in [0, 0.1) is 0 Å². The molecule has 0 aromatic heterocycles. The van der Waals surface area contributed by atoms with Gasteiger partial charge in [0.05, 0.1) is 6.61 Å². The highest BCUT2D eigenvalue weighted by Gasteiger charge is 2.22. The second-order valence-corrected chi connectivity index (χ2v) is 7.89. The lowest BCUT2D eigenvalue weighted by atomic mass is 10.0. The lowest BCUT2D eigenvalue weighted by Gasteiger charge is -2.07. The number of ether oxygens (including phenoxy) is 2. The molecule has 0 aliphatic carbocycles. The van der Waals surface area contributed by atoms with Gasteiger partial charge in [-0.15, -0.1) is 0 Å². The molecule has 1 fully saturated rings. The Balaban J connectivity index is 1.37. The SMILES string of the molecule is CCC/C=C/CCCCCCCCCCCc1cccc(OCC2CO2)c1. The summed E-state index contributed by atoms with van der Waals surface area (Å²) in [5.74, 6) is 0.990. The predicted molar refractivity (Wildman–Crippen MR) is 116 cm³/mol. The van der Waals surface area contributed by atoms with Crippen LogP contribution in [0.4, 0.5) is 0 Å². The summed E-state index contributed by atoms with van der Waals surface area (Å²) in [6, 6.07) is 8.57.